The van der Waals surface area contributed by atoms with E-state index < -0.39 is 16.0 Å². The number of aromatic carboxylic acids is 1. The molecular formula is C25H22ClNO4S. The first-order valence-electron chi connectivity index (χ1n) is 10.1. The number of rotatable bonds is 6. The van der Waals surface area contributed by atoms with Crippen molar-refractivity contribution in [3.05, 3.63) is 100 Å². The van der Waals surface area contributed by atoms with Crippen LogP contribution in [0.25, 0.3) is 10.9 Å². The molecule has 1 heterocycles. The number of carboxylic acid groups (broad SMARTS) is 1. The zero-order valence-electron chi connectivity index (χ0n) is 17.6. The van der Waals surface area contributed by atoms with Gasteiger partial charge in [-0.05, 0) is 65.6 Å². The van der Waals surface area contributed by atoms with Crippen molar-refractivity contribution >= 4 is 38.5 Å². The minimum atomic E-state index is -3.87. The third-order valence-corrected chi connectivity index (χ3v) is 7.48. The molecule has 0 bridgehead atoms. The van der Waals surface area contributed by atoms with E-state index in [9.17, 15) is 13.2 Å². The van der Waals surface area contributed by atoms with Crippen LogP contribution in [0.4, 0.5) is 0 Å². The van der Waals surface area contributed by atoms with Gasteiger partial charge in [-0.1, -0.05) is 49.7 Å². The van der Waals surface area contributed by atoms with E-state index in [2.05, 4.69) is 13.8 Å². The van der Waals surface area contributed by atoms with Gasteiger partial charge in [0.1, 0.15) is 0 Å². The molecule has 0 atom stereocenters. The molecule has 0 spiro atoms. The van der Waals surface area contributed by atoms with Crippen LogP contribution in [0, 0.1) is 0 Å². The molecule has 0 saturated heterocycles. The van der Waals surface area contributed by atoms with Gasteiger partial charge in [-0.3, -0.25) is 0 Å². The third-order valence-electron chi connectivity index (χ3n) is 5.46. The maximum absolute atomic E-state index is 13.7. The predicted molar refractivity (Wildman–Crippen MR) is 126 cm³/mol. The molecular weight excluding hydrogens is 446 g/mol. The molecule has 1 N–H and O–H groups in total. The second kappa shape index (κ2) is 8.45. The maximum Gasteiger partial charge on any atom is 0.335 e. The lowest BCUT2D eigenvalue weighted by Crippen LogP contribution is -2.16. The number of carbonyl (C=O) groups is 1. The van der Waals surface area contributed by atoms with Crippen molar-refractivity contribution in [2.75, 3.05) is 0 Å². The second-order valence-electron chi connectivity index (χ2n) is 8.01. The fourth-order valence-corrected chi connectivity index (χ4v) is 5.45. The van der Waals surface area contributed by atoms with Crippen molar-refractivity contribution in [2.45, 2.75) is 31.1 Å². The number of fused-ring (bicyclic) bond motifs is 1. The van der Waals surface area contributed by atoms with Crippen LogP contribution in [-0.2, 0) is 16.4 Å². The fourth-order valence-electron chi connectivity index (χ4n) is 3.73. The Balaban J connectivity index is 1.84. The SMILES string of the molecule is CC(C)c1ccc(S(=O)(=O)n2c(Cc3ccc(C(=O)O)cc3)cc3cc(Cl)ccc32)cc1. The van der Waals surface area contributed by atoms with Gasteiger partial charge < -0.3 is 5.11 Å². The molecule has 1 aromatic heterocycles. The fraction of sp³-hybridized carbons (Fsp3) is 0.160. The molecule has 3 aromatic carbocycles. The summed E-state index contributed by atoms with van der Waals surface area (Å²) < 4.78 is 28.7. The quantitative estimate of drug-likeness (QED) is 0.380. The monoisotopic (exact) mass is 467 g/mol. The van der Waals surface area contributed by atoms with Crippen LogP contribution in [0.5, 0.6) is 0 Å². The molecule has 0 aliphatic carbocycles. The molecule has 0 amide bonds. The van der Waals surface area contributed by atoms with Crippen molar-refractivity contribution in [2.24, 2.45) is 0 Å². The molecule has 0 saturated carbocycles. The molecule has 5 nitrogen and oxygen atoms in total. The molecule has 4 aromatic rings. The smallest absolute Gasteiger partial charge is 0.335 e. The Labute approximate surface area is 191 Å². The van der Waals surface area contributed by atoms with Gasteiger partial charge in [0, 0.05) is 22.5 Å². The van der Waals surface area contributed by atoms with Crippen LogP contribution in [0.3, 0.4) is 0 Å². The van der Waals surface area contributed by atoms with E-state index in [1.54, 1.807) is 42.5 Å². The summed E-state index contributed by atoms with van der Waals surface area (Å²) in [5.41, 5.74) is 3.15. The second-order valence-corrected chi connectivity index (χ2v) is 10.2. The van der Waals surface area contributed by atoms with Crippen LogP contribution < -0.4 is 0 Å². The van der Waals surface area contributed by atoms with Crippen molar-refractivity contribution in [3.63, 3.8) is 0 Å². The topological polar surface area (TPSA) is 76.4 Å². The van der Waals surface area contributed by atoms with Crippen molar-refractivity contribution in [1.29, 1.82) is 0 Å². The first-order valence-corrected chi connectivity index (χ1v) is 12.0. The molecule has 7 heteroatoms. The molecule has 32 heavy (non-hydrogen) atoms. The number of nitrogens with zero attached hydrogens (tertiary/aromatic N) is 1. The number of hydrogen-bond acceptors (Lipinski definition) is 3. The van der Waals surface area contributed by atoms with Crippen LogP contribution in [0.15, 0.2) is 77.7 Å². The van der Waals surface area contributed by atoms with E-state index in [0.717, 1.165) is 16.5 Å². The summed E-state index contributed by atoms with van der Waals surface area (Å²) in [5.74, 6) is -0.710. The van der Waals surface area contributed by atoms with E-state index in [-0.39, 0.29) is 10.5 Å². The van der Waals surface area contributed by atoms with Gasteiger partial charge >= 0.3 is 5.97 Å². The number of benzene rings is 3. The minimum absolute atomic E-state index is 0.180. The molecule has 0 radical (unpaired) electrons. The van der Waals surface area contributed by atoms with E-state index in [1.165, 1.54) is 16.1 Å². The Morgan fingerprint density at radius 2 is 1.62 bits per heavy atom. The molecule has 0 aliphatic heterocycles. The molecule has 0 aliphatic rings. The van der Waals surface area contributed by atoms with Crippen LogP contribution in [-0.4, -0.2) is 23.5 Å². The highest BCUT2D eigenvalue weighted by Crippen LogP contribution is 2.30. The van der Waals surface area contributed by atoms with Gasteiger partial charge in [-0.2, -0.15) is 0 Å². The third kappa shape index (κ3) is 4.16. The number of halogens is 1. The summed E-state index contributed by atoms with van der Waals surface area (Å²) in [6.07, 6.45) is 0.315. The molecule has 0 fully saturated rings. The zero-order valence-corrected chi connectivity index (χ0v) is 19.2. The first kappa shape index (κ1) is 22.1. The number of aromatic nitrogens is 1. The highest BCUT2D eigenvalue weighted by molar-refractivity contribution is 7.90. The van der Waals surface area contributed by atoms with Crippen molar-refractivity contribution in [3.8, 4) is 0 Å². The Morgan fingerprint density at radius 3 is 2.22 bits per heavy atom. The zero-order chi connectivity index (χ0) is 23.0. The van der Waals surface area contributed by atoms with E-state index in [4.69, 9.17) is 16.7 Å². The minimum Gasteiger partial charge on any atom is -0.478 e. The van der Waals surface area contributed by atoms with Crippen molar-refractivity contribution in [1.82, 2.24) is 3.97 Å². The normalized spacial score (nSPS) is 11.9. The van der Waals surface area contributed by atoms with Crippen LogP contribution in [0.2, 0.25) is 5.02 Å². The summed E-state index contributed by atoms with van der Waals surface area (Å²) in [6, 6.07) is 20.3. The molecule has 164 valence electrons. The van der Waals surface area contributed by atoms with Gasteiger partial charge in [0.25, 0.3) is 10.0 Å². The predicted octanol–water partition coefficient (Wildman–Crippen LogP) is 5.94. The van der Waals surface area contributed by atoms with E-state index >= 15 is 0 Å². The lowest BCUT2D eigenvalue weighted by atomic mass is 10.0. The summed E-state index contributed by atoms with van der Waals surface area (Å²) >= 11 is 6.15. The highest BCUT2D eigenvalue weighted by Gasteiger charge is 2.23. The molecule has 0 unspecified atom stereocenters. The summed E-state index contributed by atoms with van der Waals surface area (Å²) in [5, 5.41) is 10.4. The lowest BCUT2D eigenvalue weighted by Gasteiger charge is -2.13. The Kier molecular flexibility index (Phi) is 5.84. The maximum atomic E-state index is 13.7. The Bertz CT molecular complexity index is 1400. The van der Waals surface area contributed by atoms with Gasteiger partial charge in [0.05, 0.1) is 16.0 Å². The van der Waals surface area contributed by atoms with Crippen LogP contribution in [0.1, 0.15) is 46.9 Å². The van der Waals surface area contributed by atoms with Crippen LogP contribution >= 0.6 is 11.6 Å². The summed E-state index contributed by atoms with van der Waals surface area (Å²) in [7, 11) is -3.87. The van der Waals surface area contributed by atoms with Gasteiger partial charge in [-0.25, -0.2) is 17.2 Å². The Morgan fingerprint density at radius 1 is 0.969 bits per heavy atom. The van der Waals surface area contributed by atoms with E-state index in [1.807, 2.05) is 18.2 Å². The average Bonchev–Trinajstić information content (AvgIpc) is 3.11. The first-order chi connectivity index (χ1) is 15.2. The highest BCUT2D eigenvalue weighted by atomic mass is 35.5. The average molecular weight is 468 g/mol. The molecule has 4 rings (SSSR count). The van der Waals surface area contributed by atoms with Gasteiger partial charge in [-0.15, -0.1) is 0 Å². The summed E-state index contributed by atoms with van der Waals surface area (Å²) in [6.45, 7) is 4.11. The van der Waals surface area contributed by atoms with Gasteiger partial charge in [0.15, 0.2) is 0 Å². The van der Waals surface area contributed by atoms with Crippen molar-refractivity contribution < 1.29 is 18.3 Å². The standard InChI is InChI=1S/C25H22ClNO4S/c1-16(2)18-7-10-23(11-8-18)32(30,31)27-22(15-20-14-21(26)9-12-24(20)27)13-17-3-5-19(6-4-17)25(28)29/h3-12,14-16H,13H2,1-2H3,(H,28,29). The largest absolute Gasteiger partial charge is 0.478 e. The number of carboxylic acids is 1. The number of hydrogen-bond donors (Lipinski definition) is 1. The van der Waals surface area contributed by atoms with E-state index in [0.29, 0.717) is 28.6 Å². The van der Waals surface area contributed by atoms with Gasteiger partial charge in [0.2, 0.25) is 0 Å². The summed E-state index contributed by atoms with van der Waals surface area (Å²) in [4.78, 5) is 11.3. The Hall–Kier alpha value is -3.09. The lowest BCUT2D eigenvalue weighted by molar-refractivity contribution is 0.0697.